The van der Waals surface area contributed by atoms with E-state index in [2.05, 4.69) is 5.32 Å². The molecule has 0 aliphatic heterocycles. The van der Waals surface area contributed by atoms with Gasteiger partial charge in [-0.05, 0) is 42.0 Å². The molecule has 5 heteroatoms. The van der Waals surface area contributed by atoms with E-state index in [1.807, 2.05) is 6.07 Å². The third-order valence-electron chi connectivity index (χ3n) is 3.57. The van der Waals surface area contributed by atoms with Crippen LogP contribution in [0.5, 0.6) is 0 Å². The minimum absolute atomic E-state index is 0.285. The lowest BCUT2D eigenvalue weighted by atomic mass is 10.2. The Kier molecular flexibility index (Phi) is 4.52. The van der Waals surface area contributed by atoms with Crippen LogP contribution in [0.1, 0.15) is 16.1 Å². The van der Waals surface area contributed by atoms with Crippen LogP contribution in [0.15, 0.2) is 72.9 Å². The molecule has 3 rings (SSSR count). The zero-order valence-electron chi connectivity index (χ0n) is 12.8. The number of rotatable bonds is 5. The molecule has 0 atom stereocenters. The average molecular weight is 322 g/mol. The number of ketones is 1. The smallest absolute Gasteiger partial charge is 0.298 e. The number of hydrogen-bond acceptors (Lipinski definition) is 2. The third kappa shape index (κ3) is 3.57. The molecule has 2 aromatic carbocycles. The molecule has 120 valence electrons. The van der Waals surface area contributed by atoms with Crippen molar-refractivity contribution in [3.8, 4) is 0 Å². The number of nitrogens with zero attached hydrogens (tertiary/aromatic N) is 1. The summed E-state index contributed by atoms with van der Waals surface area (Å²) in [6, 6.07) is 18.1. The van der Waals surface area contributed by atoms with Gasteiger partial charge in [0, 0.05) is 18.4 Å². The highest BCUT2D eigenvalue weighted by atomic mass is 19.1. The fourth-order valence-electron chi connectivity index (χ4n) is 2.37. The second kappa shape index (κ2) is 6.91. The van der Waals surface area contributed by atoms with E-state index in [-0.39, 0.29) is 11.5 Å². The first-order chi connectivity index (χ1) is 11.6. The summed E-state index contributed by atoms with van der Waals surface area (Å²) in [6.07, 6.45) is 1.71. The van der Waals surface area contributed by atoms with Gasteiger partial charge in [-0.3, -0.25) is 9.59 Å². The summed E-state index contributed by atoms with van der Waals surface area (Å²) in [6.45, 7) is 0.382. The minimum atomic E-state index is -0.694. The number of halogens is 1. The number of Topliss-reactive ketones (excluding diaryl/α,β-unsaturated/α-hetero) is 1. The van der Waals surface area contributed by atoms with Crippen molar-refractivity contribution in [3.63, 3.8) is 0 Å². The van der Waals surface area contributed by atoms with Crippen molar-refractivity contribution >= 4 is 17.4 Å². The molecule has 0 radical (unpaired) electrons. The van der Waals surface area contributed by atoms with E-state index in [0.717, 1.165) is 5.56 Å². The lowest BCUT2D eigenvalue weighted by Crippen LogP contribution is -2.25. The fourth-order valence-corrected chi connectivity index (χ4v) is 2.37. The van der Waals surface area contributed by atoms with E-state index >= 15 is 0 Å². The lowest BCUT2D eigenvalue weighted by Gasteiger charge is -2.09. The molecular weight excluding hydrogens is 307 g/mol. The molecule has 0 saturated heterocycles. The highest BCUT2D eigenvalue weighted by Gasteiger charge is 2.19. The Labute approximate surface area is 138 Å². The first kappa shape index (κ1) is 15.7. The molecular formula is C19H15FN2O2. The van der Waals surface area contributed by atoms with E-state index in [1.165, 1.54) is 12.1 Å². The quantitative estimate of drug-likeness (QED) is 0.577. The molecule has 0 bridgehead atoms. The van der Waals surface area contributed by atoms with Crippen molar-refractivity contribution in [1.82, 2.24) is 4.57 Å². The molecule has 24 heavy (non-hydrogen) atoms. The standard InChI is InChI=1S/C19H15FN2O2/c20-15-10-8-14(9-11-15)13-22-12-4-7-17(22)18(23)19(24)21-16-5-2-1-3-6-16/h1-12H,13H2,(H,21,24). The van der Waals surface area contributed by atoms with Gasteiger partial charge in [-0.1, -0.05) is 30.3 Å². The maximum absolute atomic E-state index is 13.0. The molecule has 0 aliphatic carbocycles. The Morgan fingerprint density at radius 2 is 1.62 bits per heavy atom. The van der Waals surface area contributed by atoms with Crippen molar-refractivity contribution in [1.29, 1.82) is 0 Å². The van der Waals surface area contributed by atoms with Crippen LogP contribution >= 0.6 is 0 Å². The van der Waals surface area contributed by atoms with Crippen LogP contribution in [0.2, 0.25) is 0 Å². The Bertz CT molecular complexity index is 855. The van der Waals surface area contributed by atoms with Crippen molar-refractivity contribution in [2.24, 2.45) is 0 Å². The van der Waals surface area contributed by atoms with Gasteiger partial charge in [-0.25, -0.2) is 4.39 Å². The molecule has 0 aliphatic rings. The number of hydrogen-bond donors (Lipinski definition) is 1. The van der Waals surface area contributed by atoms with Crippen LogP contribution in [-0.2, 0) is 11.3 Å². The summed E-state index contributed by atoms with van der Waals surface area (Å²) in [7, 11) is 0. The number of amides is 1. The molecule has 0 fully saturated rings. The van der Waals surface area contributed by atoms with Gasteiger partial charge in [0.1, 0.15) is 5.82 Å². The Hall–Kier alpha value is -3.21. The predicted octanol–water partition coefficient (Wildman–Crippen LogP) is 3.50. The normalized spacial score (nSPS) is 10.4. The van der Waals surface area contributed by atoms with Crippen LogP contribution in [0.3, 0.4) is 0 Å². The molecule has 0 saturated carbocycles. The number of anilines is 1. The summed E-state index contributed by atoms with van der Waals surface area (Å²) in [4.78, 5) is 24.5. The van der Waals surface area contributed by atoms with Crippen molar-refractivity contribution in [2.75, 3.05) is 5.32 Å². The summed E-state index contributed by atoms with van der Waals surface area (Å²) in [5.41, 5.74) is 1.69. The number of para-hydroxylation sites is 1. The number of benzene rings is 2. The SMILES string of the molecule is O=C(Nc1ccccc1)C(=O)c1cccn1Cc1ccc(F)cc1. The van der Waals surface area contributed by atoms with Gasteiger partial charge >= 0.3 is 0 Å². The number of nitrogens with one attached hydrogen (secondary N) is 1. The Balaban J connectivity index is 1.75. The first-order valence-electron chi connectivity index (χ1n) is 7.44. The third-order valence-corrected chi connectivity index (χ3v) is 3.57. The van der Waals surface area contributed by atoms with E-state index < -0.39 is 11.7 Å². The van der Waals surface area contributed by atoms with Crippen LogP contribution in [0.4, 0.5) is 10.1 Å². The largest absolute Gasteiger partial charge is 0.340 e. The van der Waals surface area contributed by atoms with E-state index in [9.17, 15) is 14.0 Å². The lowest BCUT2D eigenvalue weighted by molar-refractivity contribution is -0.112. The first-order valence-corrected chi connectivity index (χ1v) is 7.44. The van der Waals surface area contributed by atoms with Crippen molar-refractivity contribution in [3.05, 3.63) is 90.0 Å². The Morgan fingerprint density at radius 3 is 2.33 bits per heavy atom. The predicted molar refractivity (Wildman–Crippen MR) is 89.3 cm³/mol. The zero-order chi connectivity index (χ0) is 16.9. The monoisotopic (exact) mass is 322 g/mol. The molecule has 1 amide bonds. The zero-order valence-corrected chi connectivity index (χ0v) is 12.8. The second-order valence-electron chi connectivity index (χ2n) is 5.30. The van der Waals surface area contributed by atoms with Crippen molar-refractivity contribution < 1.29 is 14.0 Å². The number of aromatic nitrogens is 1. The van der Waals surface area contributed by atoms with Crippen molar-refractivity contribution in [2.45, 2.75) is 6.54 Å². The summed E-state index contributed by atoms with van der Waals surface area (Å²) >= 11 is 0. The average Bonchev–Trinajstić information content (AvgIpc) is 3.05. The molecule has 4 nitrogen and oxygen atoms in total. The van der Waals surface area contributed by atoms with Gasteiger partial charge in [0.05, 0.1) is 5.69 Å². The molecule has 1 heterocycles. The van der Waals surface area contributed by atoms with Crippen LogP contribution in [0.25, 0.3) is 0 Å². The molecule has 1 aromatic heterocycles. The molecule has 0 spiro atoms. The van der Waals surface area contributed by atoms with Gasteiger partial charge in [0.25, 0.3) is 11.7 Å². The topological polar surface area (TPSA) is 51.1 Å². The maximum atomic E-state index is 13.0. The number of carbonyl (C=O) groups is 2. The molecule has 0 unspecified atom stereocenters. The van der Waals surface area contributed by atoms with Gasteiger partial charge in [0.2, 0.25) is 0 Å². The van der Waals surface area contributed by atoms with E-state index in [0.29, 0.717) is 12.2 Å². The van der Waals surface area contributed by atoms with Crippen LogP contribution < -0.4 is 5.32 Å². The highest BCUT2D eigenvalue weighted by molar-refractivity contribution is 6.46. The minimum Gasteiger partial charge on any atom is -0.340 e. The highest BCUT2D eigenvalue weighted by Crippen LogP contribution is 2.11. The molecule has 3 aromatic rings. The van der Waals surface area contributed by atoms with E-state index in [4.69, 9.17) is 0 Å². The van der Waals surface area contributed by atoms with Crippen LogP contribution in [0, 0.1) is 5.82 Å². The van der Waals surface area contributed by atoms with Gasteiger partial charge < -0.3 is 9.88 Å². The van der Waals surface area contributed by atoms with Gasteiger partial charge in [0.15, 0.2) is 0 Å². The van der Waals surface area contributed by atoms with Gasteiger partial charge in [-0.15, -0.1) is 0 Å². The summed E-state index contributed by atoms with van der Waals surface area (Å²) < 4.78 is 14.6. The maximum Gasteiger partial charge on any atom is 0.298 e. The Morgan fingerprint density at radius 1 is 0.917 bits per heavy atom. The summed E-state index contributed by atoms with van der Waals surface area (Å²) in [5, 5.41) is 2.58. The summed E-state index contributed by atoms with van der Waals surface area (Å²) in [5.74, 6) is -1.63. The van der Waals surface area contributed by atoms with E-state index in [1.54, 1.807) is 59.3 Å². The van der Waals surface area contributed by atoms with Crippen LogP contribution in [-0.4, -0.2) is 16.3 Å². The van der Waals surface area contributed by atoms with Gasteiger partial charge in [-0.2, -0.15) is 0 Å². The molecule has 1 N–H and O–H groups in total. The fraction of sp³-hybridized carbons (Fsp3) is 0.0526. The second-order valence-corrected chi connectivity index (χ2v) is 5.30. The number of carbonyl (C=O) groups excluding carboxylic acids is 2.